The third kappa shape index (κ3) is 3.24. The normalized spacial score (nSPS) is 18.1. The molecule has 0 saturated carbocycles. The molecule has 1 aromatic carbocycles. The number of hydrogen-bond acceptors (Lipinski definition) is 4. The average Bonchev–Trinajstić information content (AvgIpc) is 2.93. The molecule has 0 aliphatic carbocycles. The molecular weight excluding hydrogens is 242 g/mol. The number of aliphatic hydroxyl groups is 1. The summed E-state index contributed by atoms with van der Waals surface area (Å²) in [6.07, 6.45) is 1.83. The van der Waals surface area contributed by atoms with Gasteiger partial charge in [-0.1, -0.05) is 0 Å². The number of nitrogens with one attached hydrogen (secondary N) is 1. The minimum atomic E-state index is -0.0322. The maximum atomic E-state index is 12.0. The summed E-state index contributed by atoms with van der Waals surface area (Å²) in [5.41, 5.74) is 1.41. The Hall–Kier alpha value is -2.06. The first-order chi connectivity index (χ1) is 9.24. The lowest BCUT2D eigenvalue weighted by Gasteiger charge is -2.23. The molecule has 1 heterocycles. The van der Waals surface area contributed by atoms with Crippen LogP contribution in [0.5, 0.6) is 0 Å². The second-order valence-electron chi connectivity index (χ2n) is 4.61. The van der Waals surface area contributed by atoms with Gasteiger partial charge in [0.1, 0.15) is 0 Å². The molecule has 19 heavy (non-hydrogen) atoms. The van der Waals surface area contributed by atoms with Crippen LogP contribution in [0, 0.1) is 11.3 Å². The third-order valence-electron chi connectivity index (χ3n) is 3.37. The molecule has 0 spiro atoms. The van der Waals surface area contributed by atoms with Crippen molar-refractivity contribution < 1.29 is 9.90 Å². The molecule has 1 aliphatic heterocycles. The van der Waals surface area contributed by atoms with Crippen LogP contribution in [0.4, 0.5) is 5.69 Å². The number of likely N-dealkylation sites (tertiary alicyclic amines) is 1. The standard InChI is InChI=1S/C14H17N3O2/c15-8-11-3-5-12(6-4-11)16-9-14(19)17-7-1-2-13(17)10-18/h3-6,13,16,18H,1-2,7,9-10H2/t13-/m1/s1. The molecule has 1 fully saturated rings. The number of nitriles is 1. The lowest BCUT2D eigenvalue weighted by atomic mass is 10.2. The summed E-state index contributed by atoms with van der Waals surface area (Å²) in [4.78, 5) is 13.7. The summed E-state index contributed by atoms with van der Waals surface area (Å²) in [6, 6.07) is 8.98. The van der Waals surface area contributed by atoms with Gasteiger partial charge in [0.25, 0.3) is 0 Å². The Morgan fingerprint density at radius 1 is 1.47 bits per heavy atom. The topological polar surface area (TPSA) is 76.4 Å². The van der Waals surface area contributed by atoms with Crippen LogP contribution in [0.25, 0.3) is 0 Å². The summed E-state index contributed by atoms with van der Waals surface area (Å²) < 4.78 is 0. The van der Waals surface area contributed by atoms with Gasteiger partial charge in [-0.05, 0) is 37.1 Å². The number of aliphatic hydroxyl groups excluding tert-OH is 1. The number of rotatable bonds is 4. The molecule has 1 aliphatic rings. The van der Waals surface area contributed by atoms with Crippen molar-refractivity contribution in [1.82, 2.24) is 4.90 Å². The SMILES string of the molecule is N#Cc1ccc(NCC(=O)N2CCC[C@@H]2CO)cc1. The fourth-order valence-corrected chi connectivity index (χ4v) is 2.30. The van der Waals surface area contributed by atoms with Gasteiger partial charge < -0.3 is 15.3 Å². The van der Waals surface area contributed by atoms with Crippen LogP contribution in [-0.4, -0.2) is 41.7 Å². The lowest BCUT2D eigenvalue weighted by Crippen LogP contribution is -2.40. The van der Waals surface area contributed by atoms with Gasteiger partial charge >= 0.3 is 0 Å². The van der Waals surface area contributed by atoms with Crippen molar-refractivity contribution in [1.29, 1.82) is 5.26 Å². The second kappa shape index (κ2) is 6.21. The van der Waals surface area contributed by atoms with Crippen LogP contribution in [0.3, 0.4) is 0 Å². The predicted octanol–water partition coefficient (Wildman–Crippen LogP) is 0.953. The zero-order valence-electron chi connectivity index (χ0n) is 10.7. The van der Waals surface area contributed by atoms with Crippen LogP contribution >= 0.6 is 0 Å². The Morgan fingerprint density at radius 3 is 2.84 bits per heavy atom. The largest absolute Gasteiger partial charge is 0.394 e. The quantitative estimate of drug-likeness (QED) is 0.844. The zero-order chi connectivity index (χ0) is 13.7. The number of benzene rings is 1. The van der Waals surface area contributed by atoms with Crippen LogP contribution in [0.2, 0.25) is 0 Å². The molecule has 1 amide bonds. The highest BCUT2D eigenvalue weighted by Gasteiger charge is 2.27. The monoisotopic (exact) mass is 259 g/mol. The number of nitrogens with zero attached hydrogens (tertiary/aromatic N) is 2. The molecule has 1 aromatic rings. The molecule has 1 saturated heterocycles. The summed E-state index contributed by atoms with van der Waals surface area (Å²) in [6.45, 7) is 0.962. The molecule has 5 nitrogen and oxygen atoms in total. The maximum absolute atomic E-state index is 12.0. The molecule has 1 atom stereocenters. The molecule has 0 bridgehead atoms. The van der Waals surface area contributed by atoms with E-state index in [2.05, 4.69) is 5.32 Å². The van der Waals surface area contributed by atoms with Crippen LogP contribution < -0.4 is 5.32 Å². The number of carbonyl (C=O) groups is 1. The first kappa shape index (κ1) is 13.4. The van der Waals surface area contributed by atoms with Gasteiger partial charge in [0.2, 0.25) is 5.91 Å². The molecule has 5 heteroatoms. The summed E-state index contributed by atoms with van der Waals surface area (Å²) in [7, 11) is 0. The van der Waals surface area contributed by atoms with Crippen LogP contribution in [0.15, 0.2) is 24.3 Å². The first-order valence-electron chi connectivity index (χ1n) is 6.39. The molecule has 2 N–H and O–H groups in total. The molecule has 2 rings (SSSR count). The number of amides is 1. The van der Waals surface area contributed by atoms with Crippen LogP contribution in [0.1, 0.15) is 18.4 Å². The minimum absolute atomic E-state index is 0.000842. The van der Waals surface area contributed by atoms with Gasteiger partial charge in [-0.15, -0.1) is 0 Å². The second-order valence-corrected chi connectivity index (χ2v) is 4.61. The average molecular weight is 259 g/mol. The highest BCUT2D eigenvalue weighted by molar-refractivity contribution is 5.81. The summed E-state index contributed by atoms with van der Waals surface area (Å²) in [5, 5.41) is 20.9. The van der Waals surface area contributed by atoms with E-state index < -0.39 is 0 Å². The van der Waals surface area contributed by atoms with Crippen LogP contribution in [-0.2, 0) is 4.79 Å². The van der Waals surface area contributed by atoms with E-state index in [9.17, 15) is 9.90 Å². The van der Waals surface area contributed by atoms with Crippen molar-refractivity contribution in [2.45, 2.75) is 18.9 Å². The Kier molecular flexibility index (Phi) is 4.37. The lowest BCUT2D eigenvalue weighted by molar-refractivity contribution is -0.130. The minimum Gasteiger partial charge on any atom is -0.394 e. The van der Waals surface area contributed by atoms with Gasteiger partial charge in [0, 0.05) is 12.2 Å². The molecule has 100 valence electrons. The summed E-state index contributed by atoms with van der Waals surface area (Å²) in [5.74, 6) is 0.000842. The number of anilines is 1. The molecular formula is C14H17N3O2. The first-order valence-corrected chi connectivity index (χ1v) is 6.39. The van der Waals surface area contributed by atoms with Crippen molar-refractivity contribution in [2.24, 2.45) is 0 Å². The fraction of sp³-hybridized carbons (Fsp3) is 0.429. The Labute approximate surface area is 112 Å². The molecule has 0 aromatic heterocycles. The highest BCUT2D eigenvalue weighted by Crippen LogP contribution is 2.17. The third-order valence-corrected chi connectivity index (χ3v) is 3.37. The van der Waals surface area contributed by atoms with E-state index in [0.717, 1.165) is 25.1 Å². The van der Waals surface area contributed by atoms with Crippen molar-refractivity contribution >= 4 is 11.6 Å². The Balaban J connectivity index is 1.87. The summed E-state index contributed by atoms with van der Waals surface area (Å²) >= 11 is 0. The maximum Gasteiger partial charge on any atom is 0.242 e. The Morgan fingerprint density at radius 2 is 2.21 bits per heavy atom. The van der Waals surface area contributed by atoms with Gasteiger partial charge in [-0.25, -0.2) is 0 Å². The van der Waals surface area contributed by atoms with Crippen molar-refractivity contribution in [3.05, 3.63) is 29.8 Å². The van der Waals surface area contributed by atoms with Gasteiger partial charge in [-0.3, -0.25) is 4.79 Å². The van der Waals surface area contributed by atoms with E-state index in [1.807, 2.05) is 6.07 Å². The highest BCUT2D eigenvalue weighted by atomic mass is 16.3. The fourth-order valence-electron chi connectivity index (χ4n) is 2.30. The zero-order valence-corrected chi connectivity index (χ0v) is 10.7. The van der Waals surface area contributed by atoms with E-state index in [4.69, 9.17) is 5.26 Å². The molecule has 0 radical (unpaired) electrons. The van der Waals surface area contributed by atoms with E-state index in [1.165, 1.54) is 0 Å². The smallest absolute Gasteiger partial charge is 0.242 e. The van der Waals surface area contributed by atoms with Crippen molar-refractivity contribution in [3.8, 4) is 6.07 Å². The van der Waals surface area contributed by atoms with Crippen molar-refractivity contribution in [2.75, 3.05) is 25.0 Å². The van der Waals surface area contributed by atoms with E-state index in [-0.39, 0.29) is 25.1 Å². The van der Waals surface area contributed by atoms with Gasteiger partial charge in [0.05, 0.1) is 30.8 Å². The number of hydrogen-bond donors (Lipinski definition) is 2. The molecule has 0 unspecified atom stereocenters. The van der Waals surface area contributed by atoms with Gasteiger partial charge in [-0.2, -0.15) is 5.26 Å². The van der Waals surface area contributed by atoms with E-state index in [1.54, 1.807) is 29.2 Å². The Bertz CT molecular complexity index is 478. The van der Waals surface area contributed by atoms with Gasteiger partial charge in [0.15, 0.2) is 0 Å². The predicted molar refractivity (Wildman–Crippen MR) is 71.5 cm³/mol. The van der Waals surface area contributed by atoms with E-state index in [0.29, 0.717) is 5.56 Å². The van der Waals surface area contributed by atoms with E-state index >= 15 is 0 Å². The number of carbonyl (C=O) groups excluding carboxylic acids is 1. The van der Waals surface area contributed by atoms with Crippen molar-refractivity contribution in [3.63, 3.8) is 0 Å².